The van der Waals surface area contributed by atoms with Gasteiger partial charge in [-0.3, -0.25) is 0 Å². The lowest BCUT2D eigenvalue weighted by atomic mass is 10.1. The first-order valence-corrected chi connectivity index (χ1v) is 5.95. The highest BCUT2D eigenvalue weighted by atomic mass is 16.5. The number of allylic oxidation sites excluding steroid dienone is 4. The van der Waals surface area contributed by atoms with E-state index in [-0.39, 0.29) is 6.10 Å². The van der Waals surface area contributed by atoms with Crippen molar-refractivity contribution in [3.8, 4) is 12.3 Å². The summed E-state index contributed by atoms with van der Waals surface area (Å²) in [7, 11) is 0. The Balaban J connectivity index is 2.47. The maximum absolute atomic E-state index is 5.54. The SMILES string of the molecule is C#CCOC1/C=C\CC/C=C\CC/C=C\C1. The van der Waals surface area contributed by atoms with Gasteiger partial charge in [-0.1, -0.05) is 42.4 Å². The first-order valence-electron chi connectivity index (χ1n) is 5.95. The van der Waals surface area contributed by atoms with Crippen molar-refractivity contribution in [3.63, 3.8) is 0 Å². The van der Waals surface area contributed by atoms with Gasteiger partial charge in [-0.15, -0.1) is 6.42 Å². The van der Waals surface area contributed by atoms with Gasteiger partial charge in [-0.2, -0.15) is 0 Å². The first kappa shape index (κ1) is 12.8. The molecule has 86 valence electrons. The van der Waals surface area contributed by atoms with E-state index in [1.165, 1.54) is 0 Å². The summed E-state index contributed by atoms with van der Waals surface area (Å²) in [4.78, 5) is 0. The Bertz CT molecular complexity index is 291. The molecular formula is C15H20O. The molecule has 1 nitrogen and oxygen atoms in total. The van der Waals surface area contributed by atoms with Crippen molar-refractivity contribution < 1.29 is 4.74 Å². The summed E-state index contributed by atoms with van der Waals surface area (Å²) in [6, 6.07) is 0. The van der Waals surface area contributed by atoms with Crippen LogP contribution in [0.4, 0.5) is 0 Å². The molecule has 0 aromatic carbocycles. The fourth-order valence-corrected chi connectivity index (χ4v) is 1.57. The lowest BCUT2D eigenvalue weighted by Gasteiger charge is -2.09. The third kappa shape index (κ3) is 6.27. The molecule has 0 bridgehead atoms. The van der Waals surface area contributed by atoms with Gasteiger partial charge in [-0.05, 0) is 32.1 Å². The van der Waals surface area contributed by atoms with Crippen LogP contribution in [0.3, 0.4) is 0 Å². The fourth-order valence-electron chi connectivity index (χ4n) is 1.57. The lowest BCUT2D eigenvalue weighted by Crippen LogP contribution is -2.08. The van der Waals surface area contributed by atoms with Crippen LogP contribution in [0.2, 0.25) is 0 Å². The number of rotatable bonds is 2. The molecule has 16 heavy (non-hydrogen) atoms. The Morgan fingerprint density at radius 3 is 2.31 bits per heavy atom. The van der Waals surface area contributed by atoms with Crippen LogP contribution >= 0.6 is 0 Å². The van der Waals surface area contributed by atoms with Crippen LogP contribution in [0.15, 0.2) is 36.5 Å². The van der Waals surface area contributed by atoms with Crippen LogP contribution in [0.25, 0.3) is 0 Å². The number of hydrogen-bond donors (Lipinski definition) is 0. The van der Waals surface area contributed by atoms with E-state index in [1.54, 1.807) is 0 Å². The molecule has 0 N–H and O–H groups in total. The average molecular weight is 216 g/mol. The summed E-state index contributed by atoms with van der Waals surface area (Å²) in [6.07, 6.45) is 23.9. The van der Waals surface area contributed by atoms with Crippen LogP contribution in [-0.4, -0.2) is 12.7 Å². The van der Waals surface area contributed by atoms with Gasteiger partial charge in [-0.25, -0.2) is 0 Å². The molecule has 0 fully saturated rings. The summed E-state index contributed by atoms with van der Waals surface area (Å²) in [5, 5.41) is 0. The number of ether oxygens (including phenoxy) is 1. The molecule has 1 aliphatic carbocycles. The molecule has 0 heterocycles. The minimum absolute atomic E-state index is 0.135. The Hall–Kier alpha value is -1.26. The zero-order valence-electron chi connectivity index (χ0n) is 9.77. The maximum Gasteiger partial charge on any atom is 0.108 e. The van der Waals surface area contributed by atoms with Crippen molar-refractivity contribution in [2.45, 2.75) is 38.2 Å². The quantitative estimate of drug-likeness (QED) is 0.506. The zero-order valence-corrected chi connectivity index (χ0v) is 9.77. The summed E-state index contributed by atoms with van der Waals surface area (Å²) in [5.41, 5.74) is 0. The van der Waals surface area contributed by atoms with E-state index in [9.17, 15) is 0 Å². The largest absolute Gasteiger partial charge is 0.361 e. The molecule has 0 spiro atoms. The molecule has 0 saturated heterocycles. The van der Waals surface area contributed by atoms with Crippen LogP contribution in [0, 0.1) is 12.3 Å². The van der Waals surface area contributed by atoms with E-state index in [2.05, 4.69) is 42.4 Å². The second-order valence-corrected chi connectivity index (χ2v) is 3.81. The Morgan fingerprint density at radius 2 is 1.62 bits per heavy atom. The fraction of sp³-hybridized carbons (Fsp3) is 0.467. The highest BCUT2D eigenvalue weighted by Gasteiger charge is 2.01. The van der Waals surface area contributed by atoms with E-state index >= 15 is 0 Å². The van der Waals surface area contributed by atoms with Crippen LogP contribution in [0.5, 0.6) is 0 Å². The molecule has 1 heteroatoms. The summed E-state index contributed by atoms with van der Waals surface area (Å²) < 4.78 is 5.54. The van der Waals surface area contributed by atoms with E-state index < -0.39 is 0 Å². The minimum atomic E-state index is 0.135. The molecule has 1 unspecified atom stereocenters. The van der Waals surface area contributed by atoms with Gasteiger partial charge in [0.2, 0.25) is 0 Å². The average Bonchev–Trinajstić information content (AvgIpc) is 2.28. The van der Waals surface area contributed by atoms with Crippen molar-refractivity contribution in [2.75, 3.05) is 6.61 Å². The van der Waals surface area contributed by atoms with Crippen LogP contribution < -0.4 is 0 Å². The molecule has 0 aromatic heterocycles. The van der Waals surface area contributed by atoms with Crippen molar-refractivity contribution in [1.29, 1.82) is 0 Å². The minimum Gasteiger partial charge on any atom is -0.361 e. The summed E-state index contributed by atoms with van der Waals surface area (Å²) in [5.74, 6) is 2.51. The second kappa shape index (κ2) is 9.00. The van der Waals surface area contributed by atoms with Crippen molar-refractivity contribution in [3.05, 3.63) is 36.5 Å². The van der Waals surface area contributed by atoms with Gasteiger partial charge >= 0.3 is 0 Å². The molecule has 0 radical (unpaired) electrons. The predicted octanol–water partition coefficient (Wildman–Crippen LogP) is 3.64. The Labute approximate surface area is 98.9 Å². The van der Waals surface area contributed by atoms with E-state index in [1.807, 2.05) is 0 Å². The van der Waals surface area contributed by atoms with Gasteiger partial charge in [0.25, 0.3) is 0 Å². The standard InChI is InChI=1S/C15H20O/c1-2-14-16-15-12-10-8-6-4-3-5-7-9-11-13-15/h1,3-4,9-12,15H,5-8,13-14H2/b4-3-,11-9-,12-10-. The smallest absolute Gasteiger partial charge is 0.108 e. The van der Waals surface area contributed by atoms with Crippen LogP contribution in [0.1, 0.15) is 32.1 Å². The highest BCUT2D eigenvalue weighted by Crippen LogP contribution is 2.07. The molecule has 1 rings (SSSR count). The highest BCUT2D eigenvalue weighted by molar-refractivity contribution is 4.99. The summed E-state index contributed by atoms with van der Waals surface area (Å²) in [6.45, 7) is 0.392. The topological polar surface area (TPSA) is 9.23 Å². The van der Waals surface area contributed by atoms with E-state index in [4.69, 9.17) is 11.2 Å². The normalized spacial score (nSPS) is 28.1. The van der Waals surface area contributed by atoms with Gasteiger partial charge < -0.3 is 4.74 Å². The van der Waals surface area contributed by atoms with Crippen molar-refractivity contribution in [1.82, 2.24) is 0 Å². The molecule has 1 aliphatic rings. The van der Waals surface area contributed by atoms with Gasteiger partial charge in [0.1, 0.15) is 6.61 Å². The Morgan fingerprint density at radius 1 is 1.00 bits per heavy atom. The van der Waals surface area contributed by atoms with Crippen molar-refractivity contribution in [2.24, 2.45) is 0 Å². The van der Waals surface area contributed by atoms with Crippen LogP contribution in [-0.2, 0) is 4.74 Å². The van der Waals surface area contributed by atoms with Gasteiger partial charge in [0, 0.05) is 0 Å². The molecule has 0 amide bonds. The third-order valence-corrected chi connectivity index (χ3v) is 2.43. The third-order valence-electron chi connectivity index (χ3n) is 2.43. The Kier molecular flexibility index (Phi) is 7.21. The number of hydrogen-bond acceptors (Lipinski definition) is 1. The molecule has 1 atom stereocenters. The zero-order chi connectivity index (χ0) is 11.5. The molecule has 0 saturated carbocycles. The predicted molar refractivity (Wildman–Crippen MR) is 69.1 cm³/mol. The lowest BCUT2D eigenvalue weighted by molar-refractivity contribution is 0.115. The van der Waals surface area contributed by atoms with Gasteiger partial charge in [0.05, 0.1) is 6.10 Å². The van der Waals surface area contributed by atoms with E-state index in [0.717, 1.165) is 32.1 Å². The molecular weight excluding hydrogens is 196 g/mol. The van der Waals surface area contributed by atoms with E-state index in [0.29, 0.717) is 6.61 Å². The van der Waals surface area contributed by atoms with Gasteiger partial charge in [0.15, 0.2) is 0 Å². The number of terminal acetylenes is 1. The second-order valence-electron chi connectivity index (χ2n) is 3.81. The molecule has 0 aromatic rings. The monoisotopic (exact) mass is 216 g/mol. The van der Waals surface area contributed by atoms with Crippen molar-refractivity contribution >= 4 is 0 Å². The molecule has 0 aliphatic heterocycles. The summed E-state index contributed by atoms with van der Waals surface area (Å²) >= 11 is 0. The maximum atomic E-state index is 5.54. The first-order chi connectivity index (χ1) is 7.93.